The average molecular weight is 441 g/mol. The number of carboxylic acids is 1. The maximum absolute atomic E-state index is 13.2. The van der Waals surface area contributed by atoms with Crippen molar-refractivity contribution in [3.63, 3.8) is 0 Å². The van der Waals surface area contributed by atoms with Crippen molar-refractivity contribution in [1.29, 1.82) is 0 Å². The number of pyridine rings is 1. The summed E-state index contributed by atoms with van der Waals surface area (Å²) in [4.78, 5) is 29.1. The lowest BCUT2D eigenvalue weighted by atomic mass is 10.1. The number of rotatable bonds is 6. The summed E-state index contributed by atoms with van der Waals surface area (Å²) < 4.78 is 27.9. The highest BCUT2D eigenvalue weighted by atomic mass is 35.5. The summed E-state index contributed by atoms with van der Waals surface area (Å²) in [6.45, 7) is 1.95. The zero-order valence-electron chi connectivity index (χ0n) is 15.5. The molecule has 0 saturated heterocycles. The molecule has 1 aliphatic rings. The second-order valence-electron chi connectivity index (χ2n) is 7.20. The van der Waals surface area contributed by atoms with E-state index >= 15 is 0 Å². The first-order chi connectivity index (χ1) is 13.2. The van der Waals surface area contributed by atoms with E-state index in [1.165, 1.54) is 28.7 Å². The molecule has 3 aromatic rings. The molecular formula is C18H21ClN4O5S. The van der Waals surface area contributed by atoms with Gasteiger partial charge < -0.3 is 20.8 Å². The van der Waals surface area contributed by atoms with E-state index in [9.17, 15) is 23.1 Å². The first-order valence-electron chi connectivity index (χ1n) is 8.88. The Morgan fingerprint density at radius 2 is 2.07 bits per heavy atom. The van der Waals surface area contributed by atoms with Crippen molar-refractivity contribution in [2.45, 2.75) is 36.7 Å². The van der Waals surface area contributed by atoms with E-state index in [1.54, 1.807) is 6.92 Å². The maximum Gasteiger partial charge on any atom is 0.337 e. The number of carboxylic acid groups (broad SMARTS) is 1. The fourth-order valence-electron chi connectivity index (χ4n) is 3.46. The molecule has 1 aliphatic carbocycles. The smallest absolute Gasteiger partial charge is 0.337 e. The average Bonchev–Trinajstić information content (AvgIpc) is 3.35. The minimum Gasteiger partial charge on any atom is -0.478 e. The van der Waals surface area contributed by atoms with Crippen LogP contribution in [0.4, 0.5) is 0 Å². The fourth-order valence-corrected chi connectivity index (χ4v) is 5.27. The summed E-state index contributed by atoms with van der Waals surface area (Å²) in [5, 5.41) is 9.99. The molecule has 0 bridgehead atoms. The minimum absolute atomic E-state index is 0. The molecule has 1 saturated carbocycles. The van der Waals surface area contributed by atoms with E-state index in [0.29, 0.717) is 10.9 Å². The Labute approximate surface area is 172 Å². The Balaban J connectivity index is 0.00000240. The van der Waals surface area contributed by atoms with Crippen molar-refractivity contribution >= 4 is 50.2 Å². The van der Waals surface area contributed by atoms with Gasteiger partial charge in [0, 0.05) is 41.1 Å². The molecule has 5 N–H and O–H groups in total. The third kappa shape index (κ3) is 3.64. The van der Waals surface area contributed by atoms with Crippen molar-refractivity contribution in [2.75, 3.05) is 6.54 Å². The molecule has 1 aromatic carbocycles. The van der Waals surface area contributed by atoms with Crippen molar-refractivity contribution in [2.24, 2.45) is 5.73 Å². The van der Waals surface area contributed by atoms with Crippen LogP contribution in [-0.2, 0) is 10.0 Å². The van der Waals surface area contributed by atoms with Gasteiger partial charge in [0.1, 0.15) is 5.52 Å². The molecule has 156 valence electrons. The zero-order chi connectivity index (χ0) is 20.2. The van der Waals surface area contributed by atoms with Gasteiger partial charge in [0.05, 0.1) is 10.5 Å². The van der Waals surface area contributed by atoms with Crippen LogP contribution in [0.2, 0.25) is 0 Å². The number of aromatic carboxylic acids is 1. The molecule has 0 amide bonds. The van der Waals surface area contributed by atoms with Crippen molar-refractivity contribution in [3.8, 4) is 0 Å². The molecule has 9 nitrogen and oxygen atoms in total. The fraction of sp³-hybridized carbons (Fsp3) is 0.333. The van der Waals surface area contributed by atoms with Crippen LogP contribution in [0.3, 0.4) is 0 Å². The largest absolute Gasteiger partial charge is 0.478 e. The number of nitrogens with one attached hydrogen (secondary N) is 2. The molecule has 4 rings (SSSR count). The van der Waals surface area contributed by atoms with Gasteiger partial charge in [0.15, 0.2) is 0 Å². The highest BCUT2D eigenvalue weighted by Gasteiger charge is 2.38. The summed E-state index contributed by atoms with van der Waals surface area (Å²) in [6, 6.07) is 3.94. The van der Waals surface area contributed by atoms with E-state index < -0.39 is 21.6 Å². The highest BCUT2D eigenvalue weighted by Crippen LogP contribution is 2.34. The number of H-pyrrole nitrogens is 2. The Kier molecular flexibility index (Phi) is 5.48. The van der Waals surface area contributed by atoms with E-state index in [-0.39, 0.29) is 52.4 Å². The standard InChI is InChI=1S/C18H20N4O5S.ClH/c1-9(19)8-22(10-2-3-10)28(26,27)11-4-5-14-12(6-11)15-13(18(24)25)7-20-16(15)17(23)21-14;/h4-7,9-10,20H,2-3,8,19H2,1H3,(H,21,23)(H,24,25);1H/t9-;/m0./s1. The second kappa shape index (κ2) is 7.45. The van der Waals surface area contributed by atoms with Gasteiger partial charge in [-0.15, -0.1) is 12.4 Å². The molecule has 0 spiro atoms. The van der Waals surface area contributed by atoms with Gasteiger partial charge in [-0.2, -0.15) is 4.31 Å². The topological polar surface area (TPSA) is 149 Å². The van der Waals surface area contributed by atoms with E-state index in [4.69, 9.17) is 5.73 Å². The van der Waals surface area contributed by atoms with Gasteiger partial charge in [-0.3, -0.25) is 4.79 Å². The van der Waals surface area contributed by atoms with E-state index in [1.807, 2.05) is 0 Å². The first kappa shape index (κ1) is 21.3. The first-order valence-corrected chi connectivity index (χ1v) is 10.3. The van der Waals surface area contributed by atoms with Crippen LogP contribution >= 0.6 is 12.4 Å². The predicted octanol–water partition coefficient (Wildman–Crippen LogP) is 1.63. The van der Waals surface area contributed by atoms with Crippen LogP contribution in [0.1, 0.15) is 30.1 Å². The molecule has 1 fully saturated rings. The molecule has 0 radical (unpaired) electrons. The van der Waals surface area contributed by atoms with Crippen molar-refractivity contribution < 1.29 is 18.3 Å². The molecule has 1 atom stereocenters. The number of aromatic nitrogens is 2. The number of nitrogens with zero attached hydrogens (tertiary/aromatic N) is 1. The van der Waals surface area contributed by atoms with Crippen LogP contribution < -0.4 is 11.3 Å². The Bertz CT molecular complexity index is 1260. The Morgan fingerprint density at radius 1 is 1.38 bits per heavy atom. The summed E-state index contributed by atoms with van der Waals surface area (Å²) in [5.74, 6) is -1.21. The van der Waals surface area contributed by atoms with Gasteiger partial charge >= 0.3 is 5.97 Å². The lowest BCUT2D eigenvalue weighted by Gasteiger charge is -2.23. The summed E-state index contributed by atoms with van der Waals surface area (Å²) in [7, 11) is -3.82. The summed E-state index contributed by atoms with van der Waals surface area (Å²) in [6.07, 6.45) is 2.81. The summed E-state index contributed by atoms with van der Waals surface area (Å²) >= 11 is 0. The van der Waals surface area contributed by atoms with Crippen molar-refractivity contribution in [3.05, 3.63) is 40.3 Å². The van der Waals surface area contributed by atoms with Crippen molar-refractivity contribution in [1.82, 2.24) is 14.3 Å². The van der Waals surface area contributed by atoms with Gasteiger partial charge in [-0.25, -0.2) is 13.2 Å². The molecule has 0 unspecified atom stereocenters. The number of benzene rings is 1. The van der Waals surface area contributed by atoms with E-state index in [0.717, 1.165) is 12.8 Å². The number of nitrogens with two attached hydrogens (primary N) is 1. The van der Waals surface area contributed by atoms with Gasteiger partial charge in [0.25, 0.3) is 5.56 Å². The maximum atomic E-state index is 13.2. The van der Waals surface area contributed by atoms with Crippen LogP contribution in [0.15, 0.2) is 34.1 Å². The number of halogens is 1. The molecule has 11 heteroatoms. The number of carbonyl (C=O) groups is 1. The Morgan fingerprint density at radius 3 is 2.66 bits per heavy atom. The van der Waals surface area contributed by atoms with Gasteiger partial charge in [0.2, 0.25) is 10.0 Å². The number of hydrogen-bond donors (Lipinski definition) is 4. The number of fused-ring (bicyclic) bond motifs is 3. The second-order valence-corrected chi connectivity index (χ2v) is 9.09. The van der Waals surface area contributed by atoms with E-state index in [2.05, 4.69) is 9.97 Å². The van der Waals surface area contributed by atoms with Crippen LogP contribution in [0.5, 0.6) is 0 Å². The van der Waals surface area contributed by atoms with Gasteiger partial charge in [-0.05, 0) is 38.0 Å². The number of aromatic amines is 2. The molecule has 2 aromatic heterocycles. The van der Waals surface area contributed by atoms with Crippen LogP contribution in [0.25, 0.3) is 21.8 Å². The number of sulfonamides is 1. The molecule has 2 heterocycles. The molecular weight excluding hydrogens is 420 g/mol. The van der Waals surface area contributed by atoms with Crippen LogP contribution in [-0.4, -0.2) is 52.4 Å². The quantitative estimate of drug-likeness (QED) is 0.457. The lowest BCUT2D eigenvalue weighted by molar-refractivity contribution is 0.0699. The number of hydrogen-bond acceptors (Lipinski definition) is 5. The summed E-state index contributed by atoms with van der Waals surface area (Å²) in [5.41, 5.74) is 5.74. The SMILES string of the molecule is C[C@H](N)CN(C1CC1)S(=O)(=O)c1ccc2[nH]c(=O)c3[nH]cc(C(=O)O)c3c2c1.Cl. The molecule has 0 aliphatic heterocycles. The normalized spacial score (nSPS) is 15.6. The zero-order valence-corrected chi connectivity index (χ0v) is 17.1. The Hall–Kier alpha value is -2.40. The lowest BCUT2D eigenvalue weighted by Crippen LogP contribution is -2.41. The third-order valence-electron chi connectivity index (χ3n) is 4.87. The predicted molar refractivity (Wildman–Crippen MR) is 111 cm³/mol. The molecule has 29 heavy (non-hydrogen) atoms. The van der Waals surface area contributed by atoms with Crippen LogP contribution in [0, 0.1) is 0 Å². The third-order valence-corrected chi connectivity index (χ3v) is 6.79. The van der Waals surface area contributed by atoms with Gasteiger partial charge in [-0.1, -0.05) is 0 Å². The highest BCUT2D eigenvalue weighted by molar-refractivity contribution is 7.89. The minimum atomic E-state index is -3.82. The monoisotopic (exact) mass is 440 g/mol.